The van der Waals surface area contributed by atoms with E-state index in [1.54, 1.807) is 24.5 Å². The molecule has 0 spiro atoms. The first-order chi connectivity index (χ1) is 15.0. The Morgan fingerprint density at radius 2 is 1.93 bits per heavy atom. The lowest BCUT2D eigenvalue weighted by Gasteiger charge is -2.15. The van der Waals surface area contributed by atoms with Crippen LogP contribution in [0.4, 0.5) is 20.5 Å². The predicted molar refractivity (Wildman–Crippen MR) is 107 cm³/mol. The fourth-order valence-corrected chi connectivity index (χ4v) is 3.40. The van der Waals surface area contributed by atoms with Gasteiger partial charge < -0.3 is 15.4 Å². The van der Waals surface area contributed by atoms with Crippen molar-refractivity contribution in [2.24, 2.45) is 0 Å². The zero-order chi connectivity index (χ0) is 21.8. The molecular weight excluding hydrogens is 394 g/mol. The first-order valence-electron chi connectivity index (χ1n) is 9.93. The Morgan fingerprint density at radius 1 is 1.10 bits per heavy atom. The summed E-state index contributed by atoms with van der Waals surface area (Å²) in [6.07, 6.45) is 6.51. The van der Waals surface area contributed by atoms with Gasteiger partial charge in [-0.3, -0.25) is 9.36 Å². The van der Waals surface area contributed by atoms with Crippen LogP contribution in [-0.2, 0) is 0 Å². The highest BCUT2D eigenvalue weighted by Gasteiger charge is 2.25. The number of nitrogens with one attached hydrogen (secondary N) is 2. The van der Waals surface area contributed by atoms with Crippen molar-refractivity contribution in [3.8, 4) is 11.4 Å². The summed E-state index contributed by atoms with van der Waals surface area (Å²) in [6.45, 7) is -3.02. The monoisotopic (exact) mass is 415 g/mol. The fraction of sp³-hybridized carbons (Fsp3) is 0.300. The summed E-state index contributed by atoms with van der Waals surface area (Å²) in [5.74, 6) is 0.545. The van der Waals surface area contributed by atoms with Crippen LogP contribution in [0.5, 0.6) is 5.75 Å². The van der Waals surface area contributed by atoms with Crippen molar-refractivity contribution in [1.82, 2.24) is 19.5 Å². The lowest BCUT2D eigenvalue weighted by molar-refractivity contribution is -0.0503. The van der Waals surface area contributed by atoms with Crippen molar-refractivity contribution in [3.05, 3.63) is 65.4 Å². The van der Waals surface area contributed by atoms with E-state index < -0.39 is 12.8 Å². The topological polar surface area (TPSA) is 94.0 Å². The van der Waals surface area contributed by atoms with Crippen molar-refractivity contribution in [1.29, 1.82) is 0 Å². The highest BCUT2D eigenvalue weighted by Crippen LogP contribution is 2.25. The van der Waals surface area contributed by atoms with Gasteiger partial charge >= 0.3 is 6.61 Å². The van der Waals surface area contributed by atoms with Crippen LogP contribution < -0.4 is 20.9 Å². The molecule has 3 aromatic rings. The Morgan fingerprint density at radius 3 is 2.63 bits per heavy atom. The summed E-state index contributed by atoms with van der Waals surface area (Å²) in [5, 5.41) is 6.50. The van der Waals surface area contributed by atoms with Crippen molar-refractivity contribution >= 4 is 11.8 Å². The molecule has 1 aliphatic carbocycles. The van der Waals surface area contributed by atoms with Gasteiger partial charge in [-0.2, -0.15) is 8.78 Å². The molecule has 0 saturated heterocycles. The quantitative estimate of drug-likeness (QED) is 0.612. The Kier molecular flexibility index (Phi) is 5.45. The van der Waals surface area contributed by atoms with E-state index in [4.69, 9.17) is 1.37 Å². The van der Waals surface area contributed by atoms with Crippen molar-refractivity contribution in [2.75, 3.05) is 10.6 Å². The van der Waals surface area contributed by atoms with Crippen LogP contribution in [0.25, 0.3) is 5.69 Å². The summed E-state index contributed by atoms with van der Waals surface area (Å²) in [5.41, 5.74) is 0.561. The molecule has 10 heteroatoms. The van der Waals surface area contributed by atoms with Crippen LogP contribution in [0.15, 0.2) is 59.9 Å². The number of pyridine rings is 2. The summed E-state index contributed by atoms with van der Waals surface area (Å²) in [6, 6.07) is 8.86. The fourth-order valence-electron chi connectivity index (χ4n) is 3.40. The SMILES string of the molecule is [2H]c1nc(N[C@H]2CC[C@H](Nc3ccc(-n4ccccc4=O)cn3)C2)ncc1OC(F)F. The maximum Gasteiger partial charge on any atom is 0.387 e. The largest absolute Gasteiger partial charge is 0.432 e. The van der Waals surface area contributed by atoms with Crippen LogP contribution in [0.3, 0.4) is 0 Å². The van der Waals surface area contributed by atoms with Crippen molar-refractivity contribution in [3.63, 3.8) is 0 Å². The van der Waals surface area contributed by atoms with Gasteiger partial charge in [0.15, 0.2) is 5.75 Å². The lowest BCUT2D eigenvalue weighted by atomic mass is 10.2. The number of alkyl halides is 2. The number of aromatic nitrogens is 4. The Bertz CT molecular complexity index is 1100. The van der Waals surface area contributed by atoms with Gasteiger partial charge in [0.05, 0.1) is 25.6 Å². The van der Waals surface area contributed by atoms with E-state index in [2.05, 4.69) is 30.3 Å². The number of nitrogens with zero attached hydrogens (tertiary/aromatic N) is 4. The molecule has 8 nitrogen and oxygen atoms in total. The van der Waals surface area contributed by atoms with Gasteiger partial charge in [0, 0.05) is 24.3 Å². The minimum absolute atomic E-state index is 0.0703. The summed E-state index contributed by atoms with van der Waals surface area (Å²) < 4.78 is 37.9. The van der Waals surface area contributed by atoms with Gasteiger partial charge in [-0.25, -0.2) is 15.0 Å². The average molecular weight is 415 g/mol. The van der Waals surface area contributed by atoms with Crippen molar-refractivity contribution < 1.29 is 14.9 Å². The zero-order valence-electron chi connectivity index (χ0n) is 16.8. The first-order valence-corrected chi connectivity index (χ1v) is 9.43. The zero-order valence-corrected chi connectivity index (χ0v) is 15.8. The van der Waals surface area contributed by atoms with Gasteiger partial charge in [-0.05, 0) is 37.5 Å². The summed E-state index contributed by atoms with van der Waals surface area (Å²) >= 11 is 0. The number of hydrogen-bond acceptors (Lipinski definition) is 7. The van der Waals surface area contributed by atoms with E-state index in [-0.39, 0.29) is 29.3 Å². The molecule has 1 fully saturated rings. The van der Waals surface area contributed by atoms with Gasteiger partial charge in [0.2, 0.25) is 5.95 Å². The van der Waals surface area contributed by atoms with Crippen LogP contribution in [0, 0.1) is 0 Å². The molecule has 0 amide bonds. The maximum absolute atomic E-state index is 12.3. The Labute approximate surface area is 172 Å². The molecule has 1 aliphatic rings. The van der Waals surface area contributed by atoms with E-state index in [1.807, 2.05) is 12.1 Å². The number of halogens is 2. The van der Waals surface area contributed by atoms with Crippen LogP contribution in [-0.4, -0.2) is 38.2 Å². The predicted octanol–water partition coefficient (Wildman–Crippen LogP) is 3.07. The highest BCUT2D eigenvalue weighted by atomic mass is 19.3. The number of anilines is 2. The molecule has 156 valence electrons. The van der Waals surface area contributed by atoms with Gasteiger partial charge in [0.25, 0.3) is 5.56 Å². The lowest BCUT2D eigenvalue weighted by Crippen LogP contribution is -2.22. The minimum atomic E-state index is -3.02. The molecule has 1 saturated carbocycles. The number of hydrogen-bond donors (Lipinski definition) is 2. The standard InChI is InChI=1S/C20H20F2N6O2/c21-19(22)30-16-11-24-20(25-12-16)27-14-5-4-13(9-14)26-17-7-6-15(10-23-17)28-8-2-1-3-18(28)29/h1-3,6-8,10-14,19H,4-5,9H2,(H,23,26)(H,24,25,27)/t13-,14-/m0/s1/i11D. The van der Waals surface area contributed by atoms with E-state index >= 15 is 0 Å². The smallest absolute Gasteiger partial charge is 0.387 e. The van der Waals surface area contributed by atoms with Gasteiger partial charge in [-0.15, -0.1) is 0 Å². The highest BCUT2D eigenvalue weighted by molar-refractivity contribution is 5.42. The van der Waals surface area contributed by atoms with E-state index in [9.17, 15) is 13.6 Å². The summed E-state index contributed by atoms with van der Waals surface area (Å²) in [7, 11) is 0. The molecule has 2 N–H and O–H groups in total. The first kappa shape index (κ1) is 18.5. The Hall–Kier alpha value is -3.56. The molecule has 3 heterocycles. The summed E-state index contributed by atoms with van der Waals surface area (Å²) in [4.78, 5) is 24.1. The second-order valence-corrected chi connectivity index (χ2v) is 6.85. The molecule has 0 aliphatic heterocycles. The van der Waals surface area contributed by atoms with E-state index in [1.165, 1.54) is 10.6 Å². The minimum Gasteiger partial charge on any atom is -0.432 e. The second-order valence-electron chi connectivity index (χ2n) is 6.85. The van der Waals surface area contributed by atoms with E-state index in [0.717, 1.165) is 25.5 Å². The molecule has 3 aromatic heterocycles. The second kappa shape index (κ2) is 8.85. The van der Waals surface area contributed by atoms with E-state index in [0.29, 0.717) is 11.5 Å². The normalized spacial score (nSPS) is 18.8. The number of rotatable bonds is 7. The molecule has 0 radical (unpaired) electrons. The molecule has 0 aromatic carbocycles. The third-order valence-corrected chi connectivity index (χ3v) is 4.76. The third kappa shape index (κ3) is 4.88. The maximum atomic E-state index is 12.3. The molecule has 30 heavy (non-hydrogen) atoms. The van der Waals surface area contributed by atoms with Crippen LogP contribution in [0.1, 0.15) is 20.6 Å². The molecule has 4 rings (SSSR count). The number of ether oxygens (including phenoxy) is 1. The molecule has 2 atom stereocenters. The third-order valence-electron chi connectivity index (χ3n) is 4.76. The van der Waals surface area contributed by atoms with Crippen molar-refractivity contribution in [2.45, 2.75) is 38.0 Å². The Balaban J connectivity index is 1.33. The molecule has 0 unspecified atom stereocenters. The average Bonchev–Trinajstić information content (AvgIpc) is 3.17. The van der Waals surface area contributed by atoms with Gasteiger partial charge in [-0.1, -0.05) is 6.07 Å². The van der Waals surface area contributed by atoms with Gasteiger partial charge in [0.1, 0.15) is 5.82 Å². The molecule has 0 bridgehead atoms. The van der Waals surface area contributed by atoms with Crippen LogP contribution >= 0.6 is 0 Å². The molecular formula is C20H20F2N6O2. The van der Waals surface area contributed by atoms with Crippen LogP contribution in [0.2, 0.25) is 0 Å².